The molecule has 1 aromatic heterocycles. The van der Waals surface area contributed by atoms with Crippen molar-refractivity contribution in [2.45, 2.75) is 38.8 Å². The van der Waals surface area contributed by atoms with E-state index in [9.17, 15) is 14.4 Å². The van der Waals surface area contributed by atoms with Gasteiger partial charge in [0.25, 0.3) is 5.91 Å². The summed E-state index contributed by atoms with van der Waals surface area (Å²) in [7, 11) is 0. The molecule has 0 radical (unpaired) electrons. The minimum absolute atomic E-state index is 0.0664. The minimum atomic E-state index is -0.242. The van der Waals surface area contributed by atoms with Crippen LogP contribution in [0.4, 0.5) is 4.79 Å². The lowest BCUT2D eigenvalue weighted by atomic mass is 10.1. The van der Waals surface area contributed by atoms with E-state index in [1.165, 1.54) is 6.26 Å². The Morgan fingerprint density at radius 3 is 2.35 bits per heavy atom. The van der Waals surface area contributed by atoms with Crippen molar-refractivity contribution in [2.24, 2.45) is 0 Å². The molecular weight excluding hydrogens is 336 g/mol. The van der Waals surface area contributed by atoms with Crippen LogP contribution in [0.15, 0.2) is 22.8 Å². The van der Waals surface area contributed by atoms with Gasteiger partial charge in [0.1, 0.15) is 0 Å². The molecule has 8 heteroatoms. The highest BCUT2D eigenvalue weighted by atomic mass is 16.3. The lowest BCUT2D eigenvalue weighted by molar-refractivity contribution is -0.131. The van der Waals surface area contributed by atoms with Crippen LogP contribution in [0.3, 0.4) is 0 Å². The molecule has 142 valence electrons. The van der Waals surface area contributed by atoms with Crippen molar-refractivity contribution < 1.29 is 18.8 Å². The summed E-state index contributed by atoms with van der Waals surface area (Å²) in [6, 6.07) is 2.97. The van der Waals surface area contributed by atoms with Crippen molar-refractivity contribution in [1.82, 2.24) is 20.0 Å². The third kappa shape index (κ3) is 3.84. The molecule has 0 spiro atoms. The summed E-state index contributed by atoms with van der Waals surface area (Å²) >= 11 is 0. The molecule has 8 nitrogen and oxygen atoms in total. The number of piperazine rings is 1. The molecule has 1 unspecified atom stereocenters. The molecule has 0 aliphatic carbocycles. The highest BCUT2D eigenvalue weighted by Crippen LogP contribution is 2.22. The molecule has 2 aliphatic rings. The number of nitrogens with zero attached hydrogens (tertiary/aromatic N) is 3. The van der Waals surface area contributed by atoms with Crippen LogP contribution in [0.1, 0.15) is 37.7 Å². The molecule has 3 rings (SSSR count). The molecule has 2 fully saturated rings. The summed E-state index contributed by atoms with van der Waals surface area (Å²) in [5, 5.41) is 2.96. The lowest BCUT2D eigenvalue weighted by Crippen LogP contribution is -2.55. The maximum absolute atomic E-state index is 12.5. The van der Waals surface area contributed by atoms with Crippen molar-refractivity contribution in [2.75, 3.05) is 32.7 Å². The number of carbonyl (C=O) groups excluding carboxylic acids is 3. The van der Waals surface area contributed by atoms with Gasteiger partial charge in [-0.2, -0.15) is 0 Å². The van der Waals surface area contributed by atoms with E-state index in [0.29, 0.717) is 44.9 Å². The fraction of sp³-hybridized carbons (Fsp3) is 0.611. The van der Waals surface area contributed by atoms with Gasteiger partial charge in [-0.3, -0.25) is 9.59 Å². The van der Waals surface area contributed by atoms with Crippen molar-refractivity contribution >= 4 is 17.8 Å². The first-order valence-corrected chi connectivity index (χ1v) is 8.94. The van der Waals surface area contributed by atoms with Gasteiger partial charge in [-0.25, -0.2) is 4.79 Å². The molecule has 26 heavy (non-hydrogen) atoms. The Morgan fingerprint density at radius 1 is 1.15 bits per heavy atom. The molecule has 2 saturated heterocycles. The van der Waals surface area contributed by atoms with Gasteiger partial charge >= 0.3 is 6.03 Å². The monoisotopic (exact) mass is 362 g/mol. The molecular formula is C18H26N4O4. The van der Waals surface area contributed by atoms with Crippen molar-refractivity contribution in [3.05, 3.63) is 24.2 Å². The lowest BCUT2D eigenvalue weighted by Gasteiger charge is -2.35. The average molecular weight is 362 g/mol. The van der Waals surface area contributed by atoms with E-state index in [-0.39, 0.29) is 29.4 Å². The maximum Gasteiger partial charge on any atom is 0.317 e. The average Bonchev–Trinajstić information content (AvgIpc) is 3.23. The largest absolute Gasteiger partial charge is 0.459 e. The van der Waals surface area contributed by atoms with Crippen LogP contribution in [0.5, 0.6) is 0 Å². The Morgan fingerprint density at radius 2 is 1.81 bits per heavy atom. The Kier molecular flexibility index (Phi) is 4.93. The van der Waals surface area contributed by atoms with Crippen LogP contribution in [0, 0.1) is 0 Å². The van der Waals surface area contributed by atoms with Crippen LogP contribution < -0.4 is 5.32 Å². The summed E-state index contributed by atoms with van der Waals surface area (Å²) in [6.45, 7) is 8.35. The third-order valence-corrected chi connectivity index (χ3v) is 4.85. The Labute approximate surface area is 153 Å². The van der Waals surface area contributed by atoms with E-state index in [4.69, 9.17) is 4.42 Å². The number of carbonyl (C=O) groups is 3. The van der Waals surface area contributed by atoms with Crippen LogP contribution in [-0.4, -0.2) is 76.8 Å². The number of furan rings is 1. The maximum atomic E-state index is 12.5. The van der Waals surface area contributed by atoms with Crippen LogP contribution in [-0.2, 0) is 4.79 Å². The number of nitrogens with one attached hydrogen (secondary N) is 1. The molecule has 1 atom stereocenters. The normalized spacial score (nSPS) is 21.3. The highest BCUT2D eigenvalue weighted by molar-refractivity contribution is 5.91. The first-order chi connectivity index (χ1) is 12.3. The predicted octanol–water partition coefficient (Wildman–Crippen LogP) is 1.15. The van der Waals surface area contributed by atoms with Gasteiger partial charge in [0.2, 0.25) is 5.91 Å². The first kappa shape index (κ1) is 18.3. The van der Waals surface area contributed by atoms with Crippen molar-refractivity contribution in [3.63, 3.8) is 0 Å². The van der Waals surface area contributed by atoms with Gasteiger partial charge in [0.15, 0.2) is 5.76 Å². The zero-order valence-electron chi connectivity index (χ0n) is 15.5. The second-order valence-corrected chi connectivity index (χ2v) is 7.78. The third-order valence-electron chi connectivity index (χ3n) is 4.85. The Bertz CT molecular complexity index is 672. The highest BCUT2D eigenvalue weighted by Gasteiger charge is 2.37. The molecule has 0 bridgehead atoms. The molecule has 3 heterocycles. The van der Waals surface area contributed by atoms with E-state index < -0.39 is 0 Å². The van der Waals surface area contributed by atoms with E-state index in [1.54, 1.807) is 26.8 Å². The van der Waals surface area contributed by atoms with Gasteiger partial charge in [0, 0.05) is 44.7 Å². The molecule has 0 saturated carbocycles. The van der Waals surface area contributed by atoms with E-state index in [0.717, 1.165) is 0 Å². The molecule has 0 aromatic carbocycles. The predicted molar refractivity (Wildman–Crippen MR) is 94.6 cm³/mol. The molecule has 1 N–H and O–H groups in total. The van der Waals surface area contributed by atoms with Crippen LogP contribution in [0.2, 0.25) is 0 Å². The number of rotatable bonds is 2. The van der Waals surface area contributed by atoms with Gasteiger partial charge < -0.3 is 24.4 Å². The fourth-order valence-corrected chi connectivity index (χ4v) is 3.39. The minimum Gasteiger partial charge on any atom is -0.459 e. The van der Waals surface area contributed by atoms with Gasteiger partial charge in [-0.05, 0) is 32.9 Å². The number of hydrogen-bond acceptors (Lipinski definition) is 4. The van der Waals surface area contributed by atoms with E-state index in [1.807, 2.05) is 20.8 Å². The van der Waals surface area contributed by atoms with Gasteiger partial charge in [0.05, 0.1) is 12.3 Å². The summed E-state index contributed by atoms with van der Waals surface area (Å²) in [5.41, 5.74) is -0.242. The number of urea groups is 1. The van der Waals surface area contributed by atoms with Crippen LogP contribution in [0.25, 0.3) is 0 Å². The standard InChI is InChI=1S/C18H26N4O4/c1-18(2,3)22-12-13(11-15(22)23)19-17(25)21-8-6-20(7-9-21)16(24)14-5-4-10-26-14/h4-5,10,13H,6-9,11-12H2,1-3H3,(H,19,25). The van der Waals surface area contributed by atoms with Crippen molar-refractivity contribution in [3.8, 4) is 0 Å². The fourth-order valence-electron chi connectivity index (χ4n) is 3.39. The molecule has 4 amide bonds. The van der Waals surface area contributed by atoms with Gasteiger partial charge in [-0.15, -0.1) is 0 Å². The second-order valence-electron chi connectivity index (χ2n) is 7.78. The van der Waals surface area contributed by atoms with Gasteiger partial charge in [-0.1, -0.05) is 0 Å². The first-order valence-electron chi connectivity index (χ1n) is 8.94. The quantitative estimate of drug-likeness (QED) is 0.855. The Hall–Kier alpha value is -2.51. The summed E-state index contributed by atoms with van der Waals surface area (Å²) in [6.07, 6.45) is 1.81. The van der Waals surface area contributed by atoms with E-state index >= 15 is 0 Å². The molecule has 2 aliphatic heterocycles. The summed E-state index contributed by atoms with van der Waals surface area (Å²) < 4.78 is 5.14. The summed E-state index contributed by atoms with van der Waals surface area (Å²) in [4.78, 5) is 42.0. The SMILES string of the molecule is CC(C)(C)N1CC(NC(=O)N2CCN(C(=O)c3ccco3)CC2)CC1=O. The van der Waals surface area contributed by atoms with Crippen molar-refractivity contribution in [1.29, 1.82) is 0 Å². The zero-order valence-corrected chi connectivity index (χ0v) is 15.5. The zero-order chi connectivity index (χ0) is 18.9. The van der Waals surface area contributed by atoms with E-state index in [2.05, 4.69) is 5.32 Å². The van der Waals surface area contributed by atoms with Crippen LogP contribution >= 0.6 is 0 Å². The smallest absolute Gasteiger partial charge is 0.317 e. The second kappa shape index (κ2) is 7.01. The number of amides is 4. The summed E-state index contributed by atoms with van der Waals surface area (Å²) in [5.74, 6) is 0.226. The topological polar surface area (TPSA) is 86.1 Å². The number of hydrogen-bond donors (Lipinski definition) is 1. The Balaban J connectivity index is 1.49. The molecule has 1 aromatic rings. The number of likely N-dealkylation sites (tertiary alicyclic amines) is 1.